The Morgan fingerprint density at radius 2 is 1.61 bits per heavy atom. The Balaban J connectivity index is 1.89. The summed E-state index contributed by atoms with van der Waals surface area (Å²) in [5, 5.41) is 3.10. The summed E-state index contributed by atoms with van der Waals surface area (Å²) in [7, 11) is 1.71. The predicted octanol–water partition coefficient (Wildman–Crippen LogP) is 5.20. The number of carbonyl (C=O) groups excluding carboxylic acids is 4. The van der Waals surface area contributed by atoms with Gasteiger partial charge in [-0.25, -0.2) is 4.79 Å². The summed E-state index contributed by atoms with van der Waals surface area (Å²) in [5.74, 6) is -0.892. The summed E-state index contributed by atoms with van der Waals surface area (Å²) in [6.45, 7) is 12.7. The van der Waals surface area contributed by atoms with E-state index in [1.54, 1.807) is 56.1 Å². The van der Waals surface area contributed by atoms with Gasteiger partial charge in [-0.15, -0.1) is 0 Å². The Morgan fingerprint density at radius 3 is 2.20 bits per heavy atom. The number of ketones is 1. The van der Waals surface area contributed by atoms with Crippen LogP contribution in [0.3, 0.4) is 0 Å². The molecule has 0 aliphatic carbocycles. The van der Waals surface area contributed by atoms with Crippen LogP contribution in [-0.2, 0) is 25.5 Å². The largest absolute Gasteiger partial charge is 0.463 e. The van der Waals surface area contributed by atoms with Gasteiger partial charge in [0.05, 0.1) is 18.7 Å². The van der Waals surface area contributed by atoms with Gasteiger partial charge in [0.15, 0.2) is 5.78 Å². The van der Waals surface area contributed by atoms with Crippen LogP contribution in [0.5, 0.6) is 0 Å². The smallest absolute Gasteiger partial charge is 0.333 e. The van der Waals surface area contributed by atoms with Crippen molar-refractivity contribution in [2.45, 2.75) is 91.4 Å². The molecule has 3 atom stereocenters. The van der Waals surface area contributed by atoms with Crippen molar-refractivity contribution < 1.29 is 23.9 Å². The molecule has 1 N–H and O–H groups in total. The number of ether oxygens (including phenoxy) is 1. The van der Waals surface area contributed by atoms with Crippen molar-refractivity contribution in [3.05, 3.63) is 82.9 Å². The van der Waals surface area contributed by atoms with E-state index in [4.69, 9.17) is 4.74 Å². The van der Waals surface area contributed by atoms with E-state index >= 15 is 0 Å². The fourth-order valence-electron chi connectivity index (χ4n) is 5.82. The third kappa shape index (κ3) is 9.11. The number of nitrogens with one attached hydrogen (secondary N) is 1. The Kier molecular flexibility index (Phi) is 12.9. The molecule has 1 aliphatic rings. The summed E-state index contributed by atoms with van der Waals surface area (Å²) in [6, 6.07) is 15.0. The second-order valence-electron chi connectivity index (χ2n) is 12.3. The van der Waals surface area contributed by atoms with Crippen LogP contribution in [0.2, 0.25) is 0 Å². The Morgan fingerprint density at radius 1 is 0.977 bits per heavy atom. The molecule has 8 heteroatoms. The van der Waals surface area contributed by atoms with Crippen molar-refractivity contribution >= 4 is 23.6 Å². The van der Waals surface area contributed by atoms with Gasteiger partial charge in [-0.05, 0) is 58.6 Å². The molecule has 8 nitrogen and oxygen atoms in total. The number of esters is 1. The van der Waals surface area contributed by atoms with Crippen LogP contribution in [0.1, 0.15) is 82.3 Å². The molecule has 1 heterocycles. The quantitative estimate of drug-likeness (QED) is 0.192. The molecule has 2 amide bonds. The maximum absolute atomic E-state index is 14.2. The summed E-state index contributed by atoms with van der Waals surface area (Å²) >= 11 is 0. The number of likely N-dealkylation sites (N-methyl/N-ethyl adjacent to an activating group) is 1. The lowest BCUT2D eigenvalue weighted by molar-refractivity contribution is -0.139. The predicted molar refractivity (Wildman–Crippen MR) is 173 cm³/mol. The Labute approximate surface area is 262 Å². The molecule has 2 aromatic rings. The molecule has 44 heavy (non-hydrogen) atoms. The summed E-state index contributed by atoms with van der Waals surface area (Å²) in [6.07, 6.45) is 4.78. The first-order valence-electron chi connectivity index (χ1n) is 15.8. The monoisotopic (exact) mass is 603 g/mol. The summed E-state index contributed by atoms with van der Waals surface area (Å²) in [5.41, 5.74) is 2.41. The van der Waals surface area contributed by atoms with E-state index in [9.17, 15) is 19.2 Å². The second kappa shape index (κ2) is 16.3. The van der Waals surface area contributed by atoms with Crippen LogP contribution in [0.15, 0.2) is 66.2 Å². The highest BCUT2D eigenvalue weighted by Gasteiger charge is 2.35. The fraction of sp³-hybridized carbons (Fsp3) is 0.500. The van der Waals surface area contributed by atoms with E-state index in [0.717, 1.165) is 31.4 Å². The third-order valence-electron chi connectivity index (χ3n) is 8.31. The maximum atomic E-state index is 14.2. The minimum absolute atomic E-state index is 0.00253. The van der Waals surface area contributed by atoms with Gasteiger partial charge in [0, 0.05) is 36.2 Å². The van der Waals surface area contributed by atoms with Crippen molar-refractivity contribution in [3.63, 3.8) is 0 Å². The van der Waals surface area contributed by atoms with Crippen molar-refractivity contribution in [2.75, 3.05) is 20.2 Å². The minimum Gasteiger partial charge on any atom is -0.463 e. The van der Waals surface area contributed by atoms with Gasteiger partial charge in [-0.3, -0.25) is 19.3 Å². The van der Waals surface area contributed by atoms with Gasteiger partial charge >= 0.3 is 5.97 Å². The lowest BCUT2D eigenvalue weighted by Crippen LogP contribution is -2.58. The van der Waals surface area contributed by atoms with Gasteiger partial charge in [0.1, 0.15) is 6.04 Å². The van der Waals surface area contributed by atoms with Gasteiger partial charge in [-0.2, -0.15) is 0 Å². The van der Waals surface area contributed by atoms with Crippen LogP contribution in [0.4, 0.5) is 0 Å². The van der Waals surface area contributed by atoms with E-state index < -0.39 is 12.0 Å². The minimum atomic E-state index is -0.836. The molecule has 1 saturated heterocycles. The lowest BCUT2D eigenvalue weighted by atomic mass is 9.96. The lowest BCUT2D eigenvalue weighted by Gasteiger charge is -2.39. The zero-order valence-electron chi connectivity index (χ0n) is 27.3. The van der Waals surface area contributed by atoms with E-state index in [-0.39, 0.29) is 54.7 Å². The summed E-state index contributed by atoms with van der Waals surface area (Å²) in [4.78, 5) is 57.0. The second-order valence-corrected chi connectivity index (χ2v) is 12.3. The van der Waals surface area contributed by atoms with E-state index in [1.807, 2.05) is 44.2 Å². The molecule has 1 fully saturated rings. The standard InChI is InChI=1S/C36H49N3O5/c1-8-44-36(43)26(6)22-32(24(2)3)38(7)35(42)30(37-34(41)31-16-12-13-21-39(31)25(4)5)23-27-17-19-29(20-18-27)33(40)28-14-10-9-11-15-28/h9-11,14-15,17-20,22,24-25,30-32H,8,12-13,16,21,23H2,1-7H3,(H,37,41)/b26-22+/t30-,31?,32+/m0/s1. The van der Waals surface area contributed by atoms with Crippen LogP contribution in [0.25, 0.3) is 0 Å². The van der Waals surface area contributed by atoms with Gasteiger partial charge in [-0.1, -0.05) is 80.9 Å². The van der Waals surface area contributed by atoms with Crippen LogP contribution >= 0.6 is 0 Å². The van der Waals surface area contributed by atoms with E-state index in [1.165, 1.54) is 0 Å². The molecular formula is C36H49N3O5. The van der Waals surface area contributed by atoms with Crippen molar-refractivity contribution in [1.82, 2.24) is 15.1 Å². The molecule has 238 valence electrons. The molecule has 1 aliphatic heterocycles. The van der Waals surface area contributed by atoms with Crippen molar-refractivity contribution in [1.29, 1.82) is 0 Å². The number of nitrogens with zero attached hydrogens (tertiary/aromatic N) is 2. The number of carbonyl (C=O) groups is 4. The number of hydrogen-bond donors (Lipinski definition) is 1. The first kappa shape index (κ1) is 34.7. The SMILES string of the molecule is CCOC(=O)/C(C)=C/[C@H](C(C)C)N(C)C(=O)[C@H](Cc1ccc(C(=O)c2ccccc2)cc1)NC(=O)C1CCCCN1C(C)C. The molecule has 1 unspecified atom stereocenters. The fourth-order valence-corrected chi connectivity index (χ4v) is 5.82. The number of amides is 2. The van der Waals surface area contributed by atoms with Gasteiger partial charge in [0.2, 0.25) is 11.8 Å². The highest BCUT2D eigenvalue weighted by atomic mass is 16.5. The Bertz CT molecular complexity index is 1300. The maximum Gasteiger partial charge on any atom is 0.333 e. The van der Waals surface area contributed by atoms with Crippen molar-refractivity contribution in [3.8, 4) is 0 Å². The van der Waals surface area contributed by atoms with Gasteiger partial charge in [0.25, 0.3) is 0 Å². The summed E-state index contributed by atoms with van der Waals surface area (Å²) < 4.78 is 5.16. The molecule has 2 aromatic carbocycles. The molecule has 0 bridgehead atoms. The van der Waals surface area contributed by atoms with E-state index in [0.29, 0.717) is 16.7 Å². The average molecular weight is 604 g/mol. The van der Waals surface area contributed by atoms with Crippen LogP contribution in [-0.4, -0.2) is 77.7 Å². The van der Waals surface area contributed by atoms with Gasteiger partial charge < -0.3 is 15.0 Å². The highest BCUT2D eigenvalue weighted by molar-refractivity contribution is 6.09. The zero-order chi connectivity index (χ0) is 32.4. The van der Waals surface area contributed by atoms with Crippen LogP contribution < -0.4 is 5.32 Å². The molecule has 0 radical (unpaired) electrons. The number of likely N-dealkylation sites (tertiary alicyclic amines) is 1. The Hall–Kier alpha value is -3.78. The topological polar surface area (TPSA) is 96.0 Å². The number of piperidine rings is 1. The molecule has 0 saturated carbocycles. The molecule has 0 spiro atoms. The third-order valence-corrected chi connectivity index (χ3v) is 8.31. The molecule has 0 aromatic heterocycles. The molecule has 3 rings (SSSR count). The van der Waals surface area contributed by atoms with Crippen molar-refractivity contribution in [2.24, 2.45) is 5.92 Å². The number of rotatable bonds is 13. The number of hydrogen-bond acceptors (Lipinski definition) is 6. The average Bonchev–Trinajstić information content (AvgIpc) is 3.02. The first-order chi connectivity index (χ1) is 20.9. The zero-order valence-corrected chi connectivity index (χ0v) is 27.3. The highest BCUT2D eigenvalue weighted by Crippen LogP contribution is 2.22. The first-order valence-corrected chi connectivity index (χ1v) is 15.8. The number of benzene rings is 2. The van der Waals surface area contributed by atoms with E-state index in [2.05, 4.69) is 24.1 Å². The normalized spacial score (nSPS) is 17.2. The molecular weight excluding hydrogens is 554 g/mol. The van der Waals surface area contributed by atoms with Crippen LogP contribution in [0, 0.1) is 5.92 Å².